The highest BCUT2D eigenvalue weighted by atomic mass is 15.0. The molecule has 10 aromatic rings. The first-order valence-electron chi connectivity index (χ1n) is 17.7. The van der Waals surface area contributed by atoms with Gasteiger partial charge in [0.15, 0.2) is 17.5 Å². The van der Waals surface area contributed by atoms with Gasteiger partial charge in [0.2, 0.25) is 0 Å². The molecule has 5 nitrogen and oxygen atoms in total. The van der Waals surface area contributed by atoms with Crippen molar-refractivity contribution in [3.05, 3.63) is 188 Å². The summed E-state index contributed by atoms with van der Waals surface area (Å²) in [5.74, 6) is 1.87. The number of benzene rings is 7. The fraction of sp³-hybridized carbons (Fsp3) is 0. The molecule has 0 atom stereocenters. The molecule has 0 unspecified atom stereocenters. The SMILES string of the molecule is c1ccc(-c2cccc(-c3nc(-c4ccccc4)nc(-c4ccc(-c5nc6ccccc6c6c5c5ccccc5n6-c5ccccc5)cc4)n3)c2)cc1. The van der Waals surface area contributed by atoms with Gasteiger partial charge >= 0.3 is 0 Å². The van der Waals surface area contributed by atoms with Crippen LogP contribution in [0.1, 0.15) is 0 Å². The van der Waals surface area contributed by atoms with Crippen molar-refractivity contribution in [2.45, 2.75) is 0 Å². The molecule has 10 rings (SSSR count). The van der Waals surface area contributed by atoms with E-state index in [-0.39, 0.29) is 0 Å². The van der Waals surface area contributed by atoms with Gasteiger partial charge in [0.25, 0.3) is 0 Å². The fourth-order valence-electron chi connectivity index (χ4n) is 7.33. The highest BCUT2D eigenvalue weighted by molar-refractivity contribution is 6.22. The van der Waals surface area contributed by atoms with Crippen molar-refractivity contribution < 1.29 is 0 Å². The summed E-state index contributed by atoms with van der Waals surface area (Å²) in [6.45, 7) is 0. The number of pyridine rings is 1. The summed E-state index contributed by atoms with van der Waals surface area (Å²) >= 11 is 0. The summed E-state index contributed by atoms with van der Waals surface area (Å²) < 4.78 is 2.37. The summed E-state index contributed by atoms with van der Waals surface area (Å²) in [5.41, 5.74) is 11.3. The second-order valence-electron chi connectivity index (χ2n) is 13.1. The number of hydrogen-bond donors (Lipinski definition) is 0. The number of aromatic nitrogens is 5. The Bertz CT molecular complexity index is 2920. The molecule has 3 aromatic heterocycles. The van der Waals surface area contributed by atoms with Crippen LogP contribution in [0.25, 0.3) is 94.9 Å². The standard InChI is InChI=1S/C48H31N5/c1-4-15-32(16-5-1)36-19-14-20-37(31-36)48-51-46(34-17-6-2-7-18-34)50-47(52-48)35-29-27-33(28-30-35)44-43-40-24-11-13-26-42(40)53(38-21-8-3-9-22-38)45(43)39-23-10-12-25-41(39)49-44/h1-31H. The van der Waals surface area contributed by atoms with Crippen molar-refractivity contribution in [3.63, 3.8) is 0 Å². The van der Waals surface area contributed by atoms with Crippen LogP contribution in [0.4, 0.5) is 0 Å². The van der Waals surface area contributed by atoms with Crippen molar-refractivity contribution >= 4 is 32.7 Å². The van der Waals surface area contributed by atoms with Crippen LogP contribution in [0.3, 0.4) is 0 Å². The van der Waals surface area contributed by atoms with Gasteiger partial charge in [-0.25, -0.2) is 19.9 Å². The highest BCUT2D eigenvalue weighted by Crippen LogP contribution is 2.41. The van der Waals surface area contributed by atoms with Crippen LogP contribution >= 0.6 is 0 Å². The molecule has 0 radical (unpaired) electrons. The van der Waals surface area contributed by atoms with Gasteiger partial charge in [-0.3, -0.25) is 0 Å². The molecular formula is C48H31N5. The normalized spacial score (nSPS) is 11.4. The zero-order chi connectivity index (χ0) is 35.1. The minimum atomic E-state index is 0.614. The van der Waals surface area contributed by atoms with Gasteiger partial charge < -0.3 is 4.57 Å². The molecule has 248 valence electrons. The van der Waals surface area contributed by atoms with E-state index in [1.165, 1.54) is 0 Å². The first-order valence-corrected chi connectivity index (χ1v) is 17.7. The molecule has 7 aromatic carbocycles. The maximum Gasteiger partial charge on any atom is 0.164 e. The van der Waals surface area contributed by atoms with Gasteiger partial charge in [0, 0.05) is 44.1 Å². The molecule has 0 amide bonds. The number of rotatable bonds is 6. The van der Waals surface area contributed by atoms with Crippen molar-refractivity contribution in [2.24, 2.45) is 0 Å². The van der Waals surface area contributed by atoms with E-state index in [1.807, 2.05) is 36.4 Å². The number of nitrogens with zero attached hydrogens (tertiary/aromatic N) is 5. The molecule has 53 heavy (non-hydrogen) atoms. The summed E-state index contributed by atoms with van der Waals surface area (Å²) in [5, 5.41) is 3.41. The van der Waals surface area contributed by atoms with E-state index in [2.05, 4.69) is 156 Å². The van der Waals surface area contributed by atoms with Crippen LogP contribution in [0, 0.1) is 0 Å². The zero-order valence-electron chi connectivity index (χ0n) is 28.6. The largest absolute Gasteiger partial charge is 0.308 e. The minimum absolute atomic E-state index is 0.614. The summed E-state index contributed by atoms with van der Waals surface area (Å²) in [6.07, 6.45) is 0. The molecule has 0 saturated heterocycles. The Kier molecular flexibility index (Phi) is 7.40. The molecule has 0 aliphatic carbocycles. The van der Waals surface area contributed by atoms with Crippen molar-refractivity contribution in [1.82, 2.24) is 24.5 Å². The van der Waals surface area contributed by atoms with Gasteiger partial charge in [-0.05, 0) is 41.5 Å². The lowest BCUT2D eigenvalue weighted by atomic mass is 10.0. The van der Waals surface area contributed by atoms with Crippen LogP contribution in [0.5, 0.6) is 0 Å². The molecule has 0 bridgehead atoms. The third kappa shape index (κ3) is 5.43. The third-order valence-corrected chi connectivity index (χ3v) is 9.83. The van der Waals surface area contributed by atoms with E-state index in [9.17, 15) is 0 Å². The molecule has 0 saturated carbocycles. The summed E-state index contributed by atoms with van der Waals surface area (Å²) in [7, 11) is 0. The Balaban J connectivity index is 1.14. The van der Waals surface area contributed by atoms with Gasteiger partial charge in [0.1, 0.15) is 0 Å². The predicted molar refractivity (Wildman–Crippen MR) is 217 cm³/mol. The van der Waals surface area contributed by atoms with Crippen LogP contribution in [-0.2, 0) is 0 Å². The molecule has 3 heterocycles. The quantitative estimate of drug-likeness (QED) is 0.176. The number of hydrogen-bond acceptors (Lipinski definition) is 4. The lowest BCUT2D eigenvalue weighted by molar-refractivity contribution is 1.07. The van der Waals surface area contributed by atoms with Gasteiger partial charge in [0.05, 0.1) is 22.2 Å². The van der Waals surface area contributed by atoms with Crippen LogP contribution in [0.2, 0.25) is 0 Å². The Morgan fingerprint density at radius 2 is 0.849 bits per heavy atom. The Morgan fingerprint density at radius 3 is 1.57 bits per heavy atom. The number of fused-ring (bicyclic) bond motifs is 5. The summed E-state index contributed by atoms with van der Waals surface area (Å²) in [6, 6.07) is 65.0. The van der Waals surface area contributed by atoms with Crippen molar-refractivity contribution in [2.75, 3.05) is 0 Å². The number of para-hydroxylation sites is 3. The molecule has 5 heteroatoms. The molecule has 0 N–H and O–H groups in total. The third-order valence-electron chi connectivity index (χ3n) is 9.83. The average molecular weight is 678 g/mol. The van der Waals surface area contributed by atoms with Crippen LogP contribution in [0.15, 0.2) is 188 Å². The maximum atomic E-state index is 5.32. The predicted octanol–water partition coefficient (Wildman–Crippen LogP) is 11.9. The van der Waals surface area contributed by atoms with E-state index < -0.39 is 0 Å². The molecule has 0 aliphatic heterocycles. The first kappa shape index (κ1) is 30.6. The molecule has 0 spiro atoms. The Hall–Kier alpha value is -7.24. The van der Waals surface area contributed by atoms with E-state index in [0.717, 1.165) is 77.5 Å². The lowest BCUT2D eigenvalue weighted by Gasteiger charge is -2.12. The smallest absolute Gasteiger partial charge is 0.164 e. The van der Waals surface area contributed by atoms with Crippen LogP contribution < -0.4 is 0 Å². The first-order chi connectivity index (χ1) is 26.3. The Labute approximate surface area is 306 Å². The molecule has 0 aliphatic rings. The van der Waals surface area contributed by atoms with E-state index in [0.29, 0.717) is 17.5 Å². The monoisotopic (exact) mass is 677 g/mol. The molecular weight excluding hydrogens is 647 g/mol. The van der Waals surface area contributed by atoms with Gasteiger partial charge in [-0.15, -0.1) is 0 Å². The zero-order valence-corrected chi connectivity index (χ0v) is 28.6. The Morgan fingerprint density at radius 1 is 0.340 bits per heavy atom. The second kappa shape index (κ2) is 12.8. The minimum Gasteiger partial charge on any atom is -0.308 e. The summed E-state index contributed by atoms with van der Waals surface area (Å²) in [4.78, 5) is 20.4. The van der Waals surface area contributed by atoms with Crippen LogP contribution in [-0.4, -0.2) is 24.5 Å². The van der Waals surface area contributed by atoms with Gasteiger partial charge in [-0.1, -0.05) is 158 Å². The molecule has 0 fully saturated rings. The van der Waals surface area contributed by atoms with E-state index in [4.69, 9.17) is 19.9 Å². The second-order valence-corrected chi connectivity index (χ2v) is 13.1. The average Bonchev–Trinajstić information content (AvgIpc) is 3.60. The topological polar surface area (TPSA) is 56.5 Å². The van der Waals surface area contributed by atoms with Gasteiger partial charge in [-0.2, -0.15) is 0 Å². The van der Waals surface area contributed by atoms with E-state index >= 15 is 0 Å². The fourth-order valence-corrected chi connectivity index (χ4v) is 7.33. The van der Waals surface area contributed by atoms with E-state index in [1.54, 1.807) is 0 Å². The highest BCUT2D eigenvalue weighted by Gasteiger charge is 2.21. The lowest BCUT2D eigenvalue weighted by Crippen LogP contribution is -2.00. The van der Waals surface area contributed by atoms with Crippen molar-refractivity contribution in [1.29, 1.82) is 0 Å². The maximum absolute atomic E-state index is 5.32. The van der Waals surface area contributed by atoms with Crippen molar-refractivity contribution in [3.8, 4) is 62.2 Å².